The van der Waals surface area contributed by atoms with Crippen LogP contribution >= 0.6 is 0 Å². The molecule has 208 valence electrons. The smallest absolute Gasteiger partial charge is 0.453 e. The molecule has 39 heavy (non-hydrogen) atoms. The number of alkyl carbamates (subject to hydrolysis) is 1. The molecule has 1 aromatic heterocycles. The third-order valence-electron chi connectivity index (χ3n) is 7.13. The van der Waals surface area contributed by atoms with Crippen molar-refractivity contribution in [2.45, 2.75) is 63.4 Å². The summed E-state index contributed by atoms with van der Waals surface area (Å²) in [7, 11) is 1.26. The summed E-state index contributed by atoms with van der Waals surface area (Å²) in [5.74, 6) is -0.374. The fourth-order valence-corrected chi connectivity index (χ4v) is 4.98. The van der Waals surface area contributed by atoms with Crippen molar-refractivity contribution in [2.75, 3.05) is 19.0 Å². The standard InChI is InChI=1S/C28H31F2N3O6/c1-26(2,3)23-12-16-11-18(6-7-20(16)33(23)15-19(34)14-31-25(36)37-4)32-24(35)27(9-10-27)17-5-8-21-22(13-17)39-28(29,30)38-21/h5-8,11-13,19,34H,9-10,14-15H2,1-4H3,(H,31,36)(H,32,35)/t19-/m0/s1. The highest BCUT2D eigenvalue weighted by molar-refractivity contribution is 6.02. The highest BCUT2D eigenvalue weighted by Crippen LogP contribution is 2.52. The number of halogens is 2. The van der Waals surface area contributed by atoms with Crippen LogP contribution < -0.4 is 20.1 Å². The molecular weight excluding hydrogens is 512 g/mol. The Labute approximate surface area is 224 Å². The number of methoxy groups -OCH3 is 1. The topological polar surface area (TPSA) is 111 Å². The van der Waals surface area contributed by atoms with E-state index in [1.165, 1.54) is 19.2 Å². The minimum Gasteiger partial charge on any atom is -0.453 e. The van der Waals surface area contributed by atoms with E-state index in [1.807, 2.05) is 22.8 Å². The SMILES string of the molecule is COC(=O)NC[C@H](O)Cn1c(C(C)(C)C)cc2cc(NC(=O)C3(c4ccc5c(c4)OC(F)(F)O5)CC3)ccc21. The number of aliphatic hydroxyl groups excluding tert-OH is 1. The van der Waals surface area contributed by atoms with Gasteiger partial charge < -0.3 is 34.5 Å². The van der Waals surface area contributed by atoms with Crippen LogP contribution in [0.15, 0.2) is 42.5 Å². The van der Waals surface area contributed by atoms with Crippen LogP contribution in [0.5, 0.6) is 11.5 Å². The van der Waals surface area contributed by atoms with E-state index >= 15 is 0 Å². The minimum atomic E-state index is -3.72. The van der Waals surface area contributed by atoms with E-state index in [9.17, 15) is 23.5 Å². The maximum Gasteiger partial charge on any atom is 0.586 e. The van der Waals surface area contributed by atoms with E-state index in [2.05, 4.69) is 45.6 Å². The second-order valence-corrected chi connectivity index (χ2v) is 11.1. The van der Waals surface area contributed by atoms with E-state index in [0.717, 1.165) is 16.6 Å². The van der Waals surface area contributed by atoms with Gasteiger partial charge in [0.25, 0.3) is 0 Å². The Balaban J connectivity index is 1.37. The third kappa shape index (κ3) is 5.23. The first-order valence-corrected chi connectivity index (χ1v) is 12.7. The van der Waals surface area contributed by atoms with Crippen LogP contribution in [-0.4, -0.2) is 47.7 Å². The normalized spacial score (nSPS) is 17.5. The number of amides is 2. The first-order chi connectivity index (χ1) is 18.3. The molecule has 2 heterocycles. The number of benzene rings is 2. The van der Waals surface area contributed by atoms with Crippen LogP contribution in [0.3, 0.4) is 0 Å². The van der Waals surface area contributed by atoms with Crippen LogP contribution in [-0.2, 0) is 26.9 Å². The zero-order valence-corrected chi connectivity index (χ0v) is 22.1. The van der Waals surface area contributed by atoms with E-state index in [-0.39, 0.29) is 35.9 Å². The zero-order valence-electron chi connectivity index (χ0n) is 22.1. The Morgan fingerprint density at radius 1 is 1.10 bits per heavy atom. The Morgan fingerprint density at radius 3 is 2.49 bits per heavy atom. The molecule has 5 rings (SSSR count). The van der Waals surface area contributed by atoms with Gasteiger partial charge in [0.05, 0.1) is 25.2 Å². The van der Waals surface area contributed by atoms with E-state index < -0.39 is 23.9 Å². The number of carbonyl (C=O) groups is 2. The van der Waals surface area contributed by atoms with E-state index in [0.29, 0.717) is 24.1 Å². The van der Waals surface area contributed by atoms with Gasteiger partial charge in [0.15, 0.2) is 11.5 Å². The van der Waals surface area contributed by atoms with Gasteiger partial charge in [0.1, 0.15) is 0 Å². The van der Waals surface area contributed by atoms with Crippen LogP contribution in [0.4, 0.5) is 19.3 Å². The van der Waals surface area contributed by atoms with Gasteiger partial charge in [0, 0.05) is 34.2 Å². The van der Waals surface area contributed by atoms with Crippen molar-refractivity contribution in [3.63, 3.8) is 0 Å². The Kier molecular flexibility index (Phi) is 6.45. The van der Waals surface area contributed by atoms with Crippen molar-refractivity contribution < 1.29 is 37.7 Å². The lowest BCUT2D eigenvalue weighted by molar-refractivity contribution is -0.286. The number of ether oxygens (including phenoxy) is 3. The van der Waals surface area contributed by atoms with Gasteiger partial charge in [-0.2, -0.15) is 0 Å². The first-order valence-electron chi connectivity index (χ1n) is 12.7. The van der Waals surface area contributed by atoms with Crippen LogP contribution in [0.25, 0.3) is 10.9 Å². The molecule has 11 heteroatoms. The highest BCUT2D eigenvalue weighted by Gasteiger charge is 2.52. The number of hydrogen-bond acceptors (Lipinski definition) is 6. The lowest BCUT2D eigenvalue weighted by atomic mass is 9.92. The second kappa shape index (κ2) is 9.41. The van der Waals surface area contributed by atoms with Gasteiger partial charge in [-0.3, -0.25) is 4.79 Å². The van der Waals surface area contributed by atoms with Crippen LogP contribution in [0, 0.1) is 0 Å². The lowest BCUT2D eigenvalue weighted by Crippen LogP contribution is -2.35. The Bertz CT molecular complexity index is 1440. The molecule has 1 aliphatic heterocycles. The predicted octanol–water partition coefficient (Wildman–Crippen LogP) is 4.65. The fraction of sp³-hybridized carbons (Fsp3) is 0.429. The van der Waals surface area contributed by atoms with Crippen LogP contribution in [0.2, 0.25) is 0 Å². The van der Waals surface area contributed by atoms with Gasteiger partial charge in [-0.15, -0.1) is 8.78 Å². The number of nitrogens with zero attached hydrogens (tertiary/aromatic N) is 1. The average Bonchev–Trinajstić information content (AvgIpc) is 3.51. The molecule has 1 saturated carbocycles. The summed E-state index contributed by atoms with van der Waals surface area (Å²) < 4.78 is 42.5. The number of fused-ring (bicyclic) bond motifs is 2. The molecule has 1 atom stereocenters. The number of alkyl halides is 2. The molecule has 0 unspecified atom stereocenters. The van der Waals surface area contributed by atoms with Crippen molar-refractivity contribution in [2.24, 2.45) is 0 Å². The number of rotatable bonds is 7. The summed E-state index contributed by atoms with van der Waals surface area (Å²) in [5.41, 5.74) is 1.96. The molecule has 2 aliphatic rings. The quantitative estimate of drug-likeness (QED) is 0.400. The molecule has 0 saturated heterocycles. The molecule has 2 aromatic carbocycles. The molecule has 0 radical (unpaired) electrons. The van der Waals surface area contributed by atoms with Crippen molar-refractivity contribution >= 4 is 28.6 Å². The van der Waals surface area contributed by atoms with Crippen molar-refractivity contribution in [1.82, 2.24) is 9.88 Å². The molecule has 1 aliphatic carbocycles. The summed E-state index contributed by atoms with van der Waals surface area (Å²) in [6, 6.07) is 12.0. The fourth-order valence-electron chi connectivity index (χ4n) is 4.98. The summed E-state index contributed by atoms with van der Waals surface area (Å²) in [5, 5.41) is 16.9. The van der Waals surface area contributed by atoms with Crippen molar-refractivity contribution in [3.05, 3.63) is 53.7 Å². The van der Waals surface area contributed by atoms with Gasteiger partial charge in [-0.05, 0) is 54.8 Å². The number of anilines is 1. The van der Waals surface area contributed by atoms with Crippen LogP contribution in [0.1, 0.15) is 44.9 Å². The number of nitrogens with one attached hydrogen (secondary N) is 2. The number of carbonyl (C=O) groups excluding carboxylic acids is 2. The van der Waals surface area contributed by atoms with E-state index in [4.69, 9.17) is 0 Å². The largest absolute Gasteiger partial charge is 0.586 e. The molecule has 2 amide bonds. The average molecular weight is 544 g/mol. The Morgan fingerprint density at radius 2 is 1.82 bits per heavy atom. The van der Waals surface area contributed by atoms with Crippen molar-refractivity contribution in [3.8, 4) is 11.5 Å². The maximum atomic E-state index is 13.5. The molecule has 3 aromatic rings. The minimum absolute atomic E-state index is 0.0314. The predicted molar refractivity (Wildman–Crippen MR) is 139 cm³/mol. The van der Waals surface area contributed by atoms with E-state index in [1.54, 1.807) is 12.1 Å². The number of aliphatic hydroxyl groups is 1. The van der Waals surface area contributed by atoms with Gasteiger partial charge >= 0.3 is 12.4 Å². The van der Waals surface area contributed by atoms with Gasteiger partial charge in [0.2, 0.25) is 5.91 Å². The molecule has 3 N–H and O–H groups in total. The third-order valence-corrected chi connectivity index (χ3v) is 7.13. The molecule has 0 bridgehead atoms. The first kappa shape index (κ1) is 26.7. The van der Waals surface area contributed by atoms with Crippen molar-refractivity contribution in [1.29, 1.82) is 0 Å². The van der Waals surface area contributed by atoms with Gasteiger partial charge in [-0.1, -0.05) is 26.8 Å². The summed E-state index contributed by atoms with van der Waals surface area (Å²) in [4.78, 5) is 24.8. The summed E-state index contributed by atoms with van der Waals surface area (Å²) >= 11 is 0. The number of aromatic nitrogens is 1. The zero-order chi connectivity index (χ0) is 28.2. The summed E-state index contributed by atoms with van der Waals surface area (Å²) in [6.45, 7) is 6.48. The molecule has 0 spiro atoms. The monoisotopic (exact) mass is 543 g/mol. The molecule has 9 nitrogen and oxygen atoms in total. The second-order valence-electron chi connectivity index (χ2n) is 11.1. The lowest BCUT2D eigenvalue weighted by Gasteiger charge is -2.24. The number of hydrogen-bond donors (Lipinski definition) is 3. The maximum absolute atomic E-state index is 13.5. The molecular formula is C28H31F2N3O6. The highest BCUT2D eigenvalue weighted by atomic mass is 19.3. The Hall–Kier alpha value is -3.86. The summed E-state index contributed by atoms with van der Waals surface area (Å²) in [6.07, 6.45) is -4.02. The molecule has 1 fully saturated rings. The van der Waals surface area contributed by atoms with Gasteiger partial charge in [-0.25, -0.2) is 4.79 Å².